The van der Waals surface area contributed by atoms with E-state index in [1.54, 1.807) is 0 Å². The molecule has 1 aliphatic carbocycles. The van der Waals surface area contributed by atoms with E-state index in [1.165, 1.54) is 0 Å². The van der Waals surface area contributed by atoms with Crippen LogP contribution in [0.5, 0.6) is 0 Å². The molecule has 0 radical (unpaired) electrons. The van der Waals surface area contributed by atoms with Gasteiger partial charge >= 0.3 is 12.1 Å². The Morgan fingerprint density at radius 3 is 2.27 bits per heavy atom. The number of nitrogens with one attached hydrogen (secondary N) is 1. The van der Waals surface area contributed by atoms with Crippen molar-refractivity contribution in [1.82, 2.24) is 0 Å². The van der Waals surface area contributed by atoms with Crippen LogP contribution < -0.4 is 5.73 Å². The molecule has 0 heterocycles. The Labute approximate surface area is 126 Å². The van der Waals surface area contributed by atoms with E-state index in [1.807, 2.05) is 0 Å². The zero-order valence-corrected chi connectivity index (χ0v) is 12.8. The monoisotopic (exact) mass is 346 g/mol. The summed E-state index contributed by atoms with van der Waals surface area (Å²) < 4.78 is 58.7. The van der Waals surface area contributed by atoms with Gasteiger partial charge in [-0.3, -0.25) is 9.57 Å². The molecule has 130 valence electrons. The molecule has 22 heavy (non-hydrogen) atoms. The van der Waals surface area contributed by atoms with E-state index >= 15 is 0 Å². The quantitative estimate of drug-likeness (QED) is 0.527. The van der Waals surface area contributed by atoms with Crippen LogP contribution >= 0.6 is 0 Å². The van der Waals surface area contributed by atoms with Gasteiger partial charge in [0.05, 0.1) is 0 Å². The molecule has 0 aliphatic heterocycles. The molecule has 1 aliphatic rings. The van der Waals surface area contributed by atoms with Crippen molar-refractivity contribution in [3.63, 3.8) is 0 Å². The molecular formula is C12H21F3N2O4S. The molecule has 0 aromatic carbocycles. The number of hydrogen-bond acceptors (Lipinski definition) is 5. The Morgan fingerprint density at radius 2 is 1.91 bits per heavy atom. The lowest BCUT2D eigenvalue weighted by atomic mass is 9.71. The second-order valence-corrected chi connectivity index (χ2v) is 8.19. The molecule has 2 unspecified atom stereocenters. The van der Waals surface area contributed by atoms with Crippen molar-refractivity contribution in [2.75, 3.05) is 11.5 Å². The van der Waals surface area contributed by atoms with Gasteiger partial charge in [-0.2, -0.15) is 13.2 Å². The molecule has 0 saturated heterocycles. The molecule has 5 N–H and O–H groups in total. The first-order valence-electron chi connectivity index (χ1n) is 6.91. The molecular weight excluding hydrogens is 325 g/mol. The summed E-state index contributed by atoms with van der Waals surface area (Å²) in [5.74, 6) is -3.29. The van der Waals surface area contributed by atoms with E-state index in [9.17, 15) is 27.3 Å². The van der Waals surface area contributed by atoms with Crippen LogP contribution in [-0.4, -0.2) is 49.7 Å². The predicted molar refractivity (Wildman–Crippen MR) is 73.8 cm³/mol. The van der Waals surface area contributed by atoms with Crippen molar-refractivity contribution in [2.24, 2.45) is 11.7 Å². The fraction of sp³-hybridized carbons (Fsp3) is 0.917. The lowest BCUT2D eigenvalue weighted by Gasteiger charge is -2.42. The fourth-order valence-corrected chi connectivity index (χ4v) is 3.81. The molecule has 1 rings (SSSR count). The summed E-state index contributed by atoms with van der Waals surface area (Å²) in [5.41, 5.74) is 2.29. The van der Waals surface area contributed by atoms with Crippen LogP contribution in [0.25, 0.3) is 0 Å². The number of carboxylic acid groups (broad SMARTS) is 1. The fourth-order valence-electron chi connectivity index (χ4n) is 2.33. The van der Waals surface area contributed by atoms with Crippen molar-refractivity contribution in [2.45, 2.75) is 49.9 Å². The summed E-state index contributed by atoms with van der Waals surface area (Å²) in [6.45, 7) is 0. The minimum atomic E-state index is -4.84. The van der Waals surface area contributed by atoms with Crippen LogP contribution in [0.1, 0.15) is 32.1 Å². The maximum Gasteiger partial charge on any atom is 0.417 e. The maximum absolute atomic E-state index is 13.1. The minimum Gasteiger partial charge on any atom is -0.480 e. The summed E-state index contributed by atoms with van der Waals surface area (Å²) >= 11 is 0. The second kappa shape index (κ2) is 6.71. The van der Waals surface area contributed by atoms with Gasteiger partial charge < -0.3 is 15.9 Å². The van der Waals surface area contributed by atoms with Crippen LogP contribution in [0.3, 0.4) is 0 Å². The molecule has 6 nitrogen and oxygen atoms in total. The van der Waals surface area contributed by atoms with Gasteiger partial charge in [0.25, 0.3) is 0 Å². The Kier molecular flexibility index (Phi) is 5.85. The maximum atomic E-state index is 13.1. The summed E-state index contributed by atoms with van der Waals surface area (Å²) in [5, 5.41) is 18.5. The van der Waals surface area contributed by atoms with Gasteiger partial charge in [-0.25, -0.2) is 4.21 Å². The van der Waals surface area contributed by atoms with Crippen molar-refractivity contribution >= 4 is 15.7 Å². The summed E-state index contributed by atoms with van der Waals surface area (Å²) in [7, 11) is -3.42. The van der Waals surface area contributed by atoms with Crippen molar-refractivity contribution < 1.29 is 32.4 Å². The average molecular weight is 346 g/mol. The second-order valence-electron chi connectivity index (χ2n) is 5.75. The van der Waals surface area contributed by atoms with Gasteiger partial charge in [0, 0.05) is 21.2 Å². The third-order valence-corrected chi connectivity index (χ3v) is 5.92. The van der Waals surface area contributed by atoms with Crippen LogP contribution in [-0.2, 0) is 14.5 Å². The first-order valence-corrected chi connectivity index (χ1v) is 8.80. The number of hydrogen-bond donors (Lipinski definition) is 4. The Morgan fingerprint density at radius 1 is 1.36 bits per heavy atom. The van der Waals surface area contributed by atoms with E-state index in [-0.39, 0.29) is 19.3 Å². The normalized spacial score (nSPS) is 23.1. The van der Waals surface area contributed by atoms with E-state index in [0.717, 1.165) is 0 Å². The van der Waals surface area contributed by atoms with Crippen molar-refractivity contribution in [3.05, 3.63) is 0 Å². The van der Waals surface area contributed by atoms with Crippen LogP contribution in [0, 0.1) is 10.7 Å². The zero-order chi connectivity index (χ0) is 17.2. The first-order chi connectivity index (χ1) is 9.89. The van der Waals surface area contributed by atoms with Crippen LogP contribution in [0.2, 0.25) is 0 Å². The van der Waals surface area contributed by atoms with Gasteiger partial charge in [0.2, 0.25) is 0 Å². The molecule has 3 atom stereocenters. The number of aliphatic carboxylic acids is 1. The highest BCUT2D eigenvalue weighted by Gasteiger charge is 2.59. The number of nitrogens with two attached hydrogens (primary N) is 1. The summed E-state index contributed by atoms with van der Waals surface area (Å²) in [6.07, 6.45) is -4.81. The minimum absolute atomic E-state index is 0.249. The van der Waals surface area contributed by atoms with E-state index in [2.05, 4.69) is 0 Å². The van der Waals surface area contributed by atoms with Crippen molar-refractivity contribution in [1.29, 1.82) is 4.78 Å². The van der Waals surface area contributed by atoms with E-state index < -0.39 is 57.4 Å². The topological polar surface area (TPSA) is 124 Å². The van der Waals surface area contributed by atoms with E-state index in [4.69, 9.17) is 15.6 Å². The molecule has 1 saturated carbocycles. The number of carboxylic acids is 1. The largest absolute Gasteiger partial charge is 0.480 e. The molecule has 10 heteroatoms. The summed E-state index contributed by atoms with van der Waals surface area (Å²) in [6, 6.07) is -1.31. The lowest BCUT2D eigenvalue weighted by molar-refractivity contribution is -0.288. The third kappa shape index (κ3) is 4.56. The highest BCUT2D eigenvalue weighted by Crippen LogP contribution is 2.47. The number of rotatable bonds is 8. The number of carbonyl (C=O) groups is 1. The molecule has 1 fully saturated rings. The third-order valence-electron chi connectivity index (χ3n) is 4.16. The van der Waals surface area contributed by atoms with E-state index in [0.29, 0.717) is 6.42 Å². The molecule has 0 bridgehead atoms. The zero-order valence-electron chi connectivity index (χ0n) is 11.9. The number of aliphatic hydroxyl groups is 1. The number of halogens is 3. The number of alkyl halides is 3. The van der Waals surface area contributed by atoms with Gasteiger partial charge in [0.15, 0.2) is 5.60 Å². The predicted octanol–water partition coefficient (Wildman–Crippen LogP) is 1.32. The van der Waals surface area contributed by atoms with Gasteiger partial charge in [-0.15, -0.1) is 0 Å². The average Bonchev–Trinajstić information content (AvgIpc) is 2.30. The first kappa shape index (κ1) is 19.2. The van der Waals surface area contributed by atoms with Gasteiger partial charge in [-0.05, 0) is 31.6 Å². The van der Waals surface area contributed by atoms with Crippen LogP contribution in [0.4, 0.5) is 13.2 Å². The SMILES string of the molecule is N=S(=O)(CC[C@H](N)C(=O)O)CCC(O)(C1CCC1)C(F)(F)F. The standard InChI is InChI=1S/C12H21F3N2O4S/c13-12(14,15)11(20,8-2-1-3-8)5-7-22(17,21)6-4-9(16)10(18)19/h8-9,17,20H,1-7,16H2,(H,18,19)/t9-,11?,22?/m0/s1. The van der Waals surface area contributed by atoms with Gasteiger partial charge in [0.1, 0.15) is 6.04 Å². The van der Waals surface area contributed by atoms with Crippen LogP contribution in [0.15, 0.2) is 0 Å². The highest BCUT2D eigenvalue weighted by molar-refractivity contribution is 7.92. The smallest absolute Gasteiger partial charge is 0.417 e. The summed E-state index contributed by atoms with van der Waals surface area (Å²) in [4.78, 5) is 10.5. The Balaban J connectivity index is 2.66. The molecule has 0 aromatic heterocycles. The molecule has 0 spiro atoms. The lowest BCUT2D eigenvalue weighted by Crippen LogP contribution is -2.54. The molecule has 0 amide bonds. The van der Waals surface area contributed by atoms with Gasteiger partial charge in [-0.1, -0.05) is 6.42 Å². The van der Waals surface area contributed by atoms with Crippen molar-refractivity contribution in [3.8, 4) is 0 Å². The molecule has 0 aromatic rings. The Hall–Kier alpha value is -0.870. The Bertz CT molecular complexity index is 505. The highest BCUT2D eigenvalue weighted by atomic mass is 32.2.